The minimum atomic E-state index is -2.99. The van der Waals surface area contributed by atoms with Gasteiger partial charge in [0.1, 0.15) is 0 Å². The maximum atomic E-state index is 13.2. The summed E-state index contributed by atoms with van der Waals surface area (Å²) in [4.78, 5) is 13.2. The van der Waals surface area contributed by atoms with Gasteiger partial charge in [0.05, 0.1) is 17.1 Å². The van der Waals surface area contributed by atoms with E-state index in [0.717, 1.165) is 27.8 Å². The fourth-order valence-corrected chi connectivity index (χ4v) is 4.49. The van der Waals surface area contributed by atoms with Crippen LogP contribution in [0.4, 0.5) is 17.1 Å². The fraction of sp³-hybridized carbons (Fsp3) is 0.0588. The van der Waals surface area contributed by atoms with Gasteiger partial charge < -0.3 is 4.89 Å². The summed E-state index contributed by atoms with van der Waals surface area (Å²) in [6.45, 7) is 2.03. The molecule has 0 spiro atoms. The van der Waals surface area contributed by atoms with Gasteiger partial charge >= 0.3 is 0 Å². The zero-order valence-corrected chi connectivity index (χ0v) is 13.0. The van der Waals surface area contributed by atoms with Crippen molar-refractivity contribution in [2.24, 2.45) is 0 Å². The molecule has 3 aromatic rings. The Morgan fingerprint density at radius 3 is 2.05 bits per heavy atom. The van der Waals surface area contributed by atoms with Gasteiger partial charge in [0.2, 0.25) is 0 Å². The predicted molar refractivity (Wildman–Crippen MR) is 92.9 cm³/mol. The summed E-state index contributed by atoms with van der Waals surface area (Å²) in [6.07, 6.45) is 0. The first-order chi connectivity index (χ1) is 10.6. The average Bonchev–Trinajstić information content (AvgIpc) is 2.50. The first-order valence-corrected chi connectivity index (χ1v) is 8.87. The Morgan fingerprint density at radius 2 is 1.45 bits per heavy atom. The van der Waals surface area contributed by atoms with Crippen LogP contribution in [0.1, 0.15) is 5.56 Å². The third-order valence-electron chi connectivity index (χ3n) is 3.80. The molecule has 110 valence electrons. The number of anilines is 3. The molecule has 0 aromatic heterocycles. The zero-order valence-electron chi connectivity index (χ0n) is 12.1. The Kier molecular flexibility index (Phi) is 2.96. The molecule has 3 aromatic carbocycles. The van der Waals surface area contributed by atoms with E-state index in [2.05, 4.69) is 27.4 Å². The summed E-state index contributed by atoms with van der Waals surface area (Å²) in [5, 5.41) is 11.6. The average molecular weight is 309 g/mol. The van der Waals surface area contributed by atoms with Crippen LogP contribution < -0.4 is 20.2 Å². The van der Waals surface area contributed by atoms with Crippen LogP contribution in [0.15, 0.2) is 60.7 Å². The van der Waals surface area contributed by atoms with Crippen LogP contribution >= 0.6 is 7.94 Å². The maximum absolute atomic E-state index is 13.2. The summed E-state index contributed by atoms with van der Waals surface area (Å²) < 4.78 is 0. The van der Waals surface area contributed by atoms with Gasteiger partial charge in [0.25, 0.3) is 7.94 Å². The summed E-state index contributed by atoms with van der Waals surface area (Å²) in [7, 11) is -2.99. The van der Waals surface area contributed by atoms with Crippen molar-refractivity contribution in [3.63, 3.8) is 0 Å². The number of rotatable bonds is 2. The van der Waals surface area contributed by atoms with Crippen LogP contribution in [-0.2, 0) is 0 Å². The molecule has 4 nitrogen and oxygen atoms in total. The Hall–Kier alpha value is -2.29. The van der Waals surface area contributed by atoms with Crippen LogP contribution in [0, 0.1) is 6.92 Å². The molecule has 0 radical (unpaired) electrons. The standard InChI is InChI=1S/C17H16N3OP/c1-12-8-10-14(11-9-12)18-22(21)19-15-6-2-4-13-5-3-7-16(20-22)17(13)15/h2-11H,1H3,(H3,18,19,20,21). The highest BCUT2D eigenvalue weighted by molar-refractivity contribution is 7.73. The van der Waals surface area contributed by atoms with Gasteiger partial charge in [-0.15, -0.1) is 0 Å². The molecule has 0 amide bonds. The smallest absolute Gasteiger partial charge is 0.250 e. The molecule has 0 saturated carbocycles. The molecule has 0 saturated heterocycles. The first kappa shape index (κ1) is 13.4. The van der Waals surface area contributed by atoms with Gasteiger partial charge in [-0.25, -0.2) is 15.3 Å². The minimum Gasteiger partial charge on any atom is -0.623 e. The van der Waals surface area contributed by atoms with Crippen molar-refractivity contribution in [2.75, 3.05) is 15.3 Å². The number of aryl methyl sites for hydroxylation is 1. The molecule has 0 aliphatic carbocycles. The molecule has 22 heavy (non-hydrogen) atoms. The summed E-state index contributed by atoms with van der Waals surface area (Å²) in [5.74, 6) is 0. The molecule has 1 aliphatic rings. The summed E-state index contributed by atoms with van der Waals surface area (Å²) in [6, 6.07) is 19.8. The SMILES string of the molecule is Cc1ccc(N[P+]2([O-])Nc3cccc4cccc(c34)N2)cc1. The van der Waals surface area contributed by atoms with E-state index in [1.165, 1.54) is 5.56 Å². The molecule has 1 aliphatic heterocycles. The predicted octanol–water partition coefficient (Wildman–Crippen LogP) is 4.14. The number of benzene rings is 3. The van der Waals surface area contributed by atoms with Crippen molar-refractivity contribution in [1.29, 1.82) is 0 Å². The van der Waals surface area contributed by atoms with Gasteiger partial charge in [-0.1, -0.05) is 42.0 Å². The van der Waals surface area contributed by atoms with E-state index in [9.17, 15) is 4.89 Å². The Balaban J connectivity index is 1.72. The second kappa shape index (κ2) is 4.87. The monoisotopic (exact) mass is 309 g/mol. The van der Waals surface area contributed by atoms with Gasteiger partial charge in [-0.2, -0.15) is 0 Å². The van der Waals surface area contributed by atoms with E-state index < -0.39 is 7.94 Å². The molecule has 0 bridgehead atoms. The lowest BCUT2D eigenvalue weighted by Gasteiger charge is -2.36. The molecule has 4 rings (SSSR count). The largest absolute Gasteiger partial charge is 0.623 e. The van der Waals surface area contributed by atoms with Crippen LogP contribution in [0.25, 0.3) is 10.8 Å². The normalized spacial score (nSPS) is 15.0. The van der Waals surface area contributed by atoms with E-state index in [4.69, 9.17) is 0 Å². The van der Waals surface area contributed by atoms with Crippen molar-refractivity contribution in [1.82, 2.24) is 0 Å². The van der Waals surface area contributed by atoms with Crippen LogP contribution in [0.5, 0.6) is 0 Å². The Labute approximate surface area is 129 Å². The lowest BCUT2D eigenvalue weighted by Crippen LogP contribution is -2.33. The van der Waals surface area contributed by atoms with Gasteiger partial charge in [0.15, 0.2) is 0 Å². The van der Waals surface area contributed by atoms with E-state index in [-0.39, 0.29) is 0 Å². The van der Waals surface area contributed by atoms with Crippen molar-refractivity contribution >= 4 is 35.8 Å². The van der Waals surface area contributed by atoms with Crippen LogP contribution in [-0.4, -0.2) is 0 Å². The fourth-order valence-electron chi connectivity index (χ4n) is 2.76. The number of hydrogen-bond donors (Lipinski definition) is 3. The van der Waals surface area contributed by atoms with E-state index >= 15 is 0 Å². The topological polar surface area (TPSA) is 59.1 Å². The highest BCUT2D eigenvalue weighted by Crippen LogP contribution is 2.55. The van der Waals surface area contributed by atoms with Crippen molar-refractivity contribution in [2.45, 2.75) is 6.92 Å². The lowest BCUT2D eigenvalue weighted by atomic mass is 10.1. The Bertz CT molecular complexity index is 807. The number of nitrogens with one attached hydrogen (secondary N) is 3. The first-order valence-electron chi connectivity index (χ1n) is 7.16. The third-order valence-corrected chi connectivity index (χ3v) is 5.48. The maximum Gasteiger partial charge on any atom is 0.250 e. The molecule has 3 N–H and O–H groups in total. The second-order valence-corrected chi connectivity index (χ2v) is 7.41. The lowest BCUT2D eigenvalue weighted by molar-refractivity contribution is -0.165. The molecule has 0 fully saturated rings. The minimum absolute atomic E-state index is 0.820. The molecular formula is C17H16N3OP. The zero-order chi connectivity index (χ0) is 15.2. The van der Waals surface area contributed by atoms with Crippen LogP contribution in [0.3, 0.4) is 0 Å². The van der Waals surface area contributed by atoms with E-state index in [1.54, 1.807) is 0 Å². The van der Waals surface area contributed by atoms with Crippen molar-refractivity contribution in [3.8, 4) is 0 Å². The van der Waals surface area contributed by atoms with Gasteiger partial charge in [-0.3, -0.25) is 0 Å². The van der Waals surface area contributed by atoms with Crippen LogP contribution in [0.2, 0.25) is 0 Å². The van der Waals surface area contributed by atoms with E-state index in [1.807, 2.05) is 55.5 Å². The molecular weight excluding hydrogens is 293 g/mol. The summed E-state index contributed by atoms with van der Waals surface area (Å²) >= 11 is 0. The summed E-state index contributed by atoms with van der Waals surface area (Å²) in [5.41, 5.74) is 3.76. The van der Waals surface area contributed by atoms with Gasteiger partial charge in [-0.05, 0) is 36.6 Å². The van der Waals surface area contributed by atoms with Gasteiger partial charge in [0, 0.05) is 5.39 Å². The second-order valence-electron chi connectivity index (χ2n) is 5.52. The Morgan fingerprint density at radius 1 is 0.864 bits per heavy atom. The highest BCUT2D eigenvalue weighted by Gasteiger charge is 2.32. The molecule has 1 heterocycles. The molecule has 5 heteroatoms. The highest BCUT2D eigenvalue weighted by atomic mass is 31.2. The third kappa shape index (κ3) is 2.27. The molecule has 0 unspecified atom stereocenters. The quantitative estimate of drug-likeness (QED) is 0.623. The molecule has 0 atom stereocenters. The van der Waals surface area contributed by atoms with E-state index in [0.29, 0.717) is 0 Å². The van der Waals surface area contributed by atoms with Crippen molar-refractivity contribution in [3.05, 3.63) is 66.2 Å². The number of hydrogen-bond acceptors (Lipinski definition) is 4. The van der Waals surface area contributed by atoms with Crippen molar-refractivity contribution < 1.29 is 4.89 Å².